The maximum Gasteiger partial charge on any atom is 0.266 e. The molecule has 2 aromatic carbocycles. The lowest BCUT2D eigenvalue weighted by molar-refractivity contribution is 0.174. The second-order valence-corrected chi connectivity index (χ2v) is 8.85. The number of aryl methyl sites for hydroxylation is 1. The molecule has 0 amide bonds. The predicted molar refractivity (Wildman–Crippen MR) is 111 cm³/mol. The molecule has 0 spiro atoms. The third-order valence-corrected chi connectivity index (χ3v) is 6.48. The molecule has 0 atom stereocenters. The van der Waals surface area contributed by atoms with Gasteiger partial charge in [0.1, 0.15) is 0 Å². The number of hydrogen-bond acceptors (Lipinski definition) is 8. The number of nitrogens with one attached hydrogen (secondary N) is 1. The van der Waals surface area contributed by atoms with Crippen molar-refractivity contribution in [3.63, 3.8) is 0 Å². The van der Waals surface area contributed by atoms with Gasteiger partial charge in [-0.3, -0.25) is 0 Å². The first kappa shape index (κ1) is 19.3. The van der Waals surface area contributed by atoms with Crippen LogP contribution in [0.25, 0.3) is 11.7 Å². The largest absolute Gasteiger partial charge is 0.459 e. The zero-order valence-electron chi connectivity index (χ0n) is 16.5. The minimum Gasteiger partial charge on any atom is -0.459 e. The SMILES string of the molecule is Cc1ccc(S(=O)(=O)c2nc(-c3ccco3)oc2NCc2ccc3c(c2)OCO3)cc1. The fourth-order valence-corrected chi connectivity index (χ4v) is 4.45. The Morgan fingerprint density at radius 2 is 1.84 bits per heavy atom. The van der Waals surface area contributed by atoms with Gasteiger partial charge in [0.15, 0.2) is 17.3 Å². The van der Waals surface area contributed by atoms with E-state index in [2.05, 4.69) is 10.3 Å². The van der Waals surface area contributed by atoms with Crippen molar-refractivity contribution in [2.45, 2.75) is 23.4 Å². The van der Waals surface area contributed by atoms with Crippen LogP contribution in [0.2, 0.25) is 0 Å². The zero-order chi connectivity index (χ0) is 21.4. The highest BCUT2D eigenvalue weighted by atomic mass is 32.2. The molecule has 8 nitrogen and oxygen atoms in total. The fourth-order valence-electron chi connectivity index (χ4n) is 3.17. The van der Waals surface area contributed by atoms with E-state index in [0.29, 0.717) is 23.8 Å². The van der Waals surface area contributed by atoms with Crippen molar-refractivity contribution in [2.24, 2.45) is 0 Å². The molecule has 0 saturated carbocycles. The molecule has 5 rings (SSSR count). The number of rotatable bonds is 6. The summed E-state index contributed by atoms with van der Waals surface area (Å²) in [6.45, 7) is 2.36. The van der Waals surface area contributed by atoms with E-state index in [0.717, 1.165) is 11.1 Å². The molecule has 1 aliphatic heterocycles. The molecule has 3 heterocycles. The van der Waals surface area contributed by atoms with Gasteiger partial charge in [0.05, 0.1) is 11.2 Å². The van der Waals surface area contributed by atoms with Crippen LogP contribution in [0.4, 0.5) is 5.88 Å². The molecule has 0 saturated heterocycles. The Labute approximate surface area is 178 Å². The van der Waals surface area contributed by atoms with Crippen molar-refractivity contribution in [1.82, 2.24) is 4.98 Å². The molecule has 0 fully saturated rings. The van der Waals surface area contributed by atoms with Gasteiger partial charge in [-0.2, -0.15) is 4.98 Å². The number of aromatic nitrogens is 1. The van der Waals surface area contributed by atoms with Gasteiger partial charge in [-0.05, 0) is 48.9 Å². The Morgan fingerprint density at radius 1 is 1.03 bits per heavy atom. The first-order valence-electron chi connectivity index (χ1n) is 9.49. The summed E-state index contributed by atoms with van der Waals surface area (Å²) < 4.78 is 48.4. The molecule has 0 bridgehead atoms. The topological polar surface area (TPSA) is 104 Å². The van der Waals surface area contributed by atoms with Gasteiger partial charge in [0, 0.05) is 6.54 Å². The predicted octanol–water partition coefficient (Wildman–Crippen LogP) is 4.42. The number of nitrogens with zero attached hydrogens (tertiary/aromatic N) is 1. The molecule has 31 heavy (non-hydrogen) atoms. The van der Waals surface area contributed by atoms with Crippen LogP contribution < -0.4 is 14.8 Å². The highest BCUT2D eigenvalue weighted by Gasteiger charge is 2.29. The minimum atomic E-state index is -3.92. The van der Waals surface area contributed by atoms with E-state index in [-0.39, 0.29) is 28.5 Å². The third-order valence-electron chi connectivity index (χ3n) is 4.80. The maximum atomic E-state index is 13.3. The standard InChI is InChI=1S/C22H18N2O6S/c1-14-4-7-16(8-5-14)31(25,26)22-21(30-20(24-22)18-3-2-10-27-18)23-12-15-6-9-17-19(11-15)29-13-28-17/h2-11,23H,12-13H2,1H3. The van der Waals surface area contributed by atoms with Crippen LogP contribution in [0.1, 0.15) is 11.1 Å². The van der Waals surface area contributed by atoms with Crippen LogP contribution in [0.3, 0.4) is 0 Å². The quantitative estimate of drug-likeness (QED) is 0.472. The Bertz CT molecular complexity index is 1330. The van der Waals surface area contributed by atoms with Crippen molar-refractivity contribution < 1.29 is 26.7 Å². The average Bonchev–Trinajstić information content (AvgIpc) is 3.52. The van der Waals surface area contributed by atoms with E-state index in [9.17, 15) is 8.42 Å². The van der Waals surface area contributed by atoms with Crippen molar-refractivity contribution in [1.29, 1.82) is 0 Å². The van der Waals surface area contributed by atoms with E-state index in [1.807, 2.05) is 19.1 Å². The summed E-state index contributed by atoms with van der Waals surface area (Å²) in [7, 11) is -3.92. The zero-order valence-corrected chi connectivity index (χ0v) is 17.3. The fraction of sp³-hybridized carbons (Fsp3) is 0.136. The molecule has 158 valence electrons. The lowest BCUT2D eigenvalue weighted by atomic mass is 10.2. The van der Waals surface area contributed by atoms with Crippen LogP contribution >= 0.6 is 0 Å². The monoisotopic (exact) mass is 438 g/mol. The molecular weight excluding hydrogens is 420 g/mol. The molecule has 2 aromatic heterocycles. The molecule has 9 heteroatoms. The summed E-state index contributed by atoms with van der Waals surface area (Å²) in [5.74, 6) is 1.75. The Hall–Kier alpha value is -3.72. The molecule has 4 aromatic rings. The molecule has 1 aliphatic rings. The molecule has 0 unspecified atom stereocenters. The van der Waals surface area contributed by atoms with Crippen LogP contribution in [0.5, 0.6) is 11.5 Å². The van der Waals surface area contributed by atoms with Crippen molar-refractivity contribution >= 4 is 15.7 Å². The normalized spacial score (nSPS) is 12.8. The maximum absolute atomic E-state index is 13.3. The third kappa shape index (κ3) is 3.64. The van der Waals surface area contributed by atoms with Gasteiger partial charge in [0.2, 0.25) is 27.5 Å². The minimum absolute atomic E-state index is 0.0321. The summed E-state index contributed by atoms with van der Waals surface area (Å²) in [6, 6.07) is 15.4. The molecule has 0 aliphatic carbocycles. The van der Waals surface area contributed by atoms with Crippen LogP contribution in [-0.2, 0) is 16.4 Å². The first-order chi connectivity index (χ1) is 15.0. The molecule has 0 radical (unpaired) electrons. The Balaban J connectivity index is 1.50. The van der Waals surface area contributed by atoms with E-state index in [1.54, 1.807) is 42.5 Å². The van der Waals surface area contributed by atoms with Crippen molar-refractivity contribution in [2.75, 3.05) is 12.1 Å². The number of sulfone groups is 1. The van der Waals surface area contributed by atoms with Gasteiger partial charge in [0.25, 0.3) is 5.89 Å². The van der Waals surface area contributed by atoms with Crippen LogP contribution in [-0.4, -0.2) is 20.2 Å². The van der Waals surface area contributed by atoms with Gasteiger partial charge in [-0.15, -0.1) is 0 Å². The van der Waals surface area contributed by atoms with E-state index < -0.39 is 9.84 Å². The van der Waals surface area contributed by atoms with Crippen LogP contribution in [0.15, 0.2) is 79.6 Å². The summed E-state index contributed by atoms with van der Waals surface area (Å²) in [4.78, 5) is 4.37. The van der Waals surface area contributed by atoms with Gasteiger partial charge < -0.3 is 23.6 Å². The van der Waals surface area contributed by atoms with Gasteiger partial charge in [-0.1, -0.05) is 23.8 Å². The number of fused-ring (bicyclic) bond motifs is 1. The van der Waals surface area contributed by atoms with Gasteiger partial charge in [-0.25, -0.2) is 8.42 Å². The number of furan rings is 1. The van der Waals surface area contributed by atoms with Crippen molar-refractivity contribution in [3.8, 4) is 23.1 Å². The average molecular weight is 438 g/mol. The van der Waals surface area contributed by atoms with Gasteiger partial charge >= 0.3 is 0 Å². The van der Waals surface area contributed by atoms with E-state index in [4.69, 9.17) is 18.3 Å². The number of hydrogen-bond donors (Lipinski definition) is 1. The Morgan fingerprint density at radius 3 is 2.61 bits per heavy atom. The lowest BCUT2D eigenvalue weighted by Crippen LogP contribution is -2.07. The number of ether oxygens (including phenoxy) is 2. The second-order valence-electron chi connectivity index (χ2n) is 6.99. The summed E-state index contributed by atoms with van der Waals surface area (Å²) in [5, 5.41) is 2.84. The second kappa shape index (κ2) is 7.51. The van der Waals surface area contributed by atoms with E-state index in [1.165, 1.54) is 6.26 Å². The molecular formula is C22H18N2O6S. The number of oxazole rings is 1. The summed E-state index contributed by atoms with van der Waals surface area (Å²) in [6.07, 6.45) is 1.47. The molecule has 1 N–H and O–H groups in total. The van der Waals surface area contributed by atoms with E-state index >= 15 is 0 Å². The van der Waals surface area contributed by atoms with Crippen molar-refractivity contribution in [3.05, 3.63) is 72.0 Å². The summed E-state index contributed by atoms with van der Waals surface area (Å²) in [5.41, 5.74) is 1.82. The lowest BCUT2D eigenvalue weighted by Gasteiger charge is -2.07. The smallest absolute Gasteiger partial charge is 0.266 e. The Kier molecular flexibility index (Phi) is 4.67. The first-order valence-corrected chi connectivity index (χ1v) is 11.0. The number of benzene rings is 2. The number of anilines is 1. The van der Waals surface area contributed by atoms with Crippen LogP contribution in [0, 0.1) is 6.92 Å². The highest BCUT2D eigenvalue weighted by molar-refractivity contribution is 7.91. The highest BCUT2D eigenvalue weighted by Crippen LogP contribution is 2.35. The summed E-state index contributed by atoms with van der Waals surface area (Å²) >= 11 is 0.